The summed E-state index contributed by atoms with van der Waals surface area (Å²) < 4.78 is 5.89. The lowest BCUT2D eigenvalue weighted by molar-refractivity contribution is 0.0949. The molecule has 2 rings (SSSR count). The minimum Gasteiger partial charge on any atom is -0.490 e. The molecule has 19 heavy (non-hydrogen) atoms. The van der Waals surface area contributed by atoms with E-state index in [1.807, 2.05) is 6.92 Å². The van der Waals surface area contributed by atoms with Gasteiger partial charge in [-0.3, -0.25) is 9.78 Å². The molecule has 1 aromatic rings. The Morgan fingerprint density at radius 3 is 3.16 bits per heavy atom. The van der Waals surface area contributed by atoms with Gasteiger partial charge in [0.2, 0.25) is 0 Å². The van der Waals surface area contributed by atoms with E-state index in [0.717, 1.165) is 25.7 Å². The van der Waals surface area contributed by atoms with Gasteiger partial charge in [-0.15, -0.1) is 0 Å². The largest absolute Gasteiger partial charge is 0.490 e. The zero-order chi connectivity index (χ0) is 13.7. The zero-order valence-electron chi connectivity index (χ0n) is 11.3. The molecule has 0 aromatic carbocycles. The summed E-state index contributed by atoms with van der Waals surface area (Å²) in [6.07, 6.45) is 5.81. The molecule has 1 aliphatic rings. The maximum absolute atomic E-state index is 11.7. The maximum Gasteiger partial charge on any atom is 0.270 e. The van der Waals surface area contributed by atoms with Crippen molar-refractivity contribution in [1.82, 2.24) is 10.3 Å². The molecule has 104 valence electrons. The predicted molar refractivity (Wildman–Crippen MR) is 73.1 cm³/mol. The quantitative estimate of drug-likeness (QED) is 0.862. The first-order valence-electron chi connectivity index (χ1n) is 6.85. The van der Waals surface area contributed by atoms with E-state index in [1.54, 1.807) is 18.3 Å². The van der Waals surface area contributed by atoms with E-state index < -0.39 is 0 Å². The molecule has 2 unspecified atom stereocenters. The van der Waals surface area contributed by atoms with Gasteiger partial charge in [-0.1, -0.05) is 0 Å². The second-order valence-electron chi connectivity index (χ2n) is 4.90. The number of pyridine rings is 1. The maximum atomic E-state index is 11.7. The van der Waals surface area contributed by atoms with E-state index in [-0.39, 0.29) is 18.1 Å². The summed E-state index contributed by atoms with van der Waals surface area (Å²) in [5.41, 5.74) is 6.33. The van der Waals surface area contributed by atoms with Crippen molar-refractivity contribution >= 4 is 5.91 Å². The molecule has 0 bridgehead atoms. The van der Waals surface area contributed by atoms with E-state index in [2.05, 4.69) is 10.3 Å². The Hall–Kier alpha value is -1.62. The average Bonchev–Trinajstić information content (AvgIpc) is 2.39. The molecule has 0 radical (unpaired) electrons. The van der Waals surface area contributed by atoms with Gasteiger partial charge < -0.3 is 15.8 Å². The van der Waals surface area contributed by atoms with E-state index in [1.165, 1.54) is 0 Å². The third-order valence-corrected chi connectivity index (χ3v) is 3.27. The van der Waals surface area contributed by atoms with Gasteiger partial charge in [0.1, 0.15) is 17.5 Å². The minimum atomic E-state index is -0.173. The molecule has 1 saturated carbocycles. The first-order valence-corrected chi connectivity index (χ1v) is 6.85. The van der Waals surface area contributed by atoms with Gasteiger partial charge in [0.15, 0.2) is 0 Å². The van der Waals surface area contributed by atoms with E-state index in [4.69, 9.17) is 10.5 Å². The van der Waals surface area contributed by atoms with Crippen LogP contribution in [0.5, 0.6) is 5.75 Å². The van der Waals surface area contributed by atoms with Crippen molar-refractivity contribution in [3.05, 3.63) is 24.0 Å². The number of rotatable bonds is 4. The lowest BCUT2D eigenvalue weighted by Gasteiger charge is -2.27. The standard InChI is InChI=1S/C14H21N3O2/c1-2-16-14(18)13-9-12(6-7-17-13)19-11-5-3-4-10(15)8-11/h6-7,9-11H,2-5,8,15H2,1H3,(H,16,18). The molecule has 5 nitrogen and oxygen atoms in total. The van der Waals surface area contributed by atoms with Crippen LogP contribution in [-0.4, -0.2) is 29.6 Å². The third-order valence-electron chi connectivity index (χ3n) is 3.27. The lowest BCUT2D eigenvalue weighted by Crippen LogP contribution is -2.33. The van der Waals surface area contributed by atoms with Crippen LogP contribution in [0.1, 0.15) is 43.1 Å². The second kappa shape index (κ2) is 6.52. The Morgan fingerprint density at radius 1 is 1.58 bits per heavy atom. The first kappa shape index (κ1) is 13.8. The van der Waals surface area contributed by atoms with Crippen molar-refractivity contribution in [1.29, 1.82) is 0 Å². The fourth-order valence-corrected chi connectivity index (χ4v) is 2.34. The summed E-state index contributed by atoms with van der Waals surface area (Å²) in [6, 6.07) is 3.69. The number of hydrogen-bond donors (Lipinski definition) is 2. The van der Waals surface area contributed by atoms with Crippen LogP contribution in [0.4, 0.5) is 0 Å². The molecule has 0 aliphatic heterocycles. The Bertz CT molecular complexity index is 436. The number of carbonyl (C=O) groups excluding carboxylic acids is 1. The summed E-state index contributed by atoms with van der Waals surface area (Å²) in [5.74, 6) is 0.517. The van der Waals surface area contributed by atoms with Gasteiger partial charge in [-0.25, -0.2) is 0 Å². The van der Waals surface area contributed by atoms with Gasteiger partial charge in [0.05, 0.1) is 0 Å². The van der Waals surface area contributed by atoms with Gasteiger partial charge in [0.25, 0.3) is 5.91 Å². The number of nitrogens with one attached hydrogen (secondary N) is 1. The Kier molecular flexibility index (Phi) is 4.74. The normalized spacial score (nSPS) is 22.8. The van der Waals surface area contributed by atoms with Crippen LogP contribution in [0.2, 0.25) is 0 Å². The van der Waals surface area contributed by atoms with E-state index >= 15 is 0 Å². The molecular weight excluding hydrogens is 242 g/mol. The summed E-state index contributed by atoms with van der Waals surface area (Å²) in [6.45, 7) is 2.46. The van der Waals surface area contributed by atoms with E-state index in [9.17, 15) is 4.79 Å². The smallest absolute Gasteiger partial charge is 0.270 e. The van der Waals surface area contributed by atoms with Crippen LogP contribution in [-0.2, 0) is 0 Å². The summed E-state index contributed by atoms with van der Waals surface area (Å²) in [5, 5.41) is 2.72. The third kappa shape index (κ3) is 3.92. The average molecular weight is 263 g/mol. The van der Waals surface area contributed by atoms with Crippen LogP contribution >= 0.6 is 0 Å². The molecule has 3 N–H and O–H groups in total. The minimum absolute atomic E-state index is 0.147. The van der Waals surface area contributed by atoms with Crippen molar-refractivity contribution in [3.8, 4) is 5.75 Å². The highest BCUT2D eigenvalue weighted by atomic mass is 16.5. The fraction of sp³-hybridized carbons (Fsp3) is 0.571. The number of amides is 1. The topological polar surface area (TPSA) is 77.2 Å². The number of nitrogens with two attached hydrogens (primary N) is 1. The molecule has 1 heterocycles. The molecule has 0 spiro atoms. The van der Waals surface area contributed by atoms with Crippen LogP contribution in [0, 0.1) is 0 Å². The van der Waals surface area contributed by atoms with Crippen molar-refractivity contribution in [3.63, 3.8) is 0 Å². The Morgan fingerprint density at radius 2 is 2.42 bits per heavy atom. The lowest BCUT2D eigenvalue weighted by atomic mass is 9.93. The highest BCUT2D eigenvalue weighted by Crippen LogP contribution is 2.23. The highest BCUT2D eigenvalue weighted by molar-refractivity contribution is 5.92. The molecule has 0 saturated heterocycles. The summed E-state index contributed by atoms with van der Waals surface area (Å²) >= 11 is 0. The second-order valence-corrected chi connectivity index (χ2v) is 4.90. The number of hydrogen-bond acceptors (Lipinski definition) is 4. The van der Waals surface area contributed by atoms with Crippen LogP contribution in [0.25, 0.3) is 0 Å². The van der Waals surface area contributed by atoms with Crippen LogP contribution < -0.4 is 15.8 Å². The molecule has 5 heteroatoms. The Labute approximate surface area is 113 Å². The SMILES string of the molecule is CCNC(=O)c1cc(OC2CCCC(N)C2)ccn1. The first-order chi connectivity index (χ1) is 9.19. The van der Waals surface area contributed by atoms with Crippen molar-refractivity contribution in [2.45, 2.75) is 44.8 Å². The number of aromatic nitrogens is 1. The highest BCUT2D eigenvalue weighted by Gasteiger charge is 2.20. The van der Waals surface area contributed by atoms with Crippen molar-refractivity contribution in [2.24, 2.45) is 5.73 Å². The fourth-order valence-electron chi connectivity index (χ4n) is 2.34. The van der Waals surface area contributed by atoms with Gasteiger partial charge in [-0.05, 0) is 38.7 Å². The summed E-state index contributed by atoms with van der Waals surface area (Å²) in [7, 11) is 0. The van der Waals surface area contributed by atoms with Gasteiger partial charge in [0, 0.05) is 24.8 Å². The molecule has 1 aromatic heterocycles. The van der Waals surface area contributed by atoms with Gasteiger partial charge >= 0.3 is 0 Å². The van der Waals surface area contributed by atoms with Crippen LogP contribution in [0.3, 0.4) is 0 Å². The van der Waals surface area contributed by atoms with Crippen LogP contribution in [0.15, 0.2) is 18.3 Å². The van der Waals surface area contributed by atoms with Crippen molar-refractivity contribution < 1.29 is 9.53 Å². The number of ether oxygens (including phenoxy) is 1. The molecular formula is C14H21N3O2. The Balaban J connectivity index is 2.00. The zero-order valence-corrected chi connectivity index (χ0v) is 11.3. The number of nitrogens with zero attached hydrogens (tertiary/aromatic N) is 1. The number of carbonyl (C=O) groups is 1. The molecule has 1 aliphatic carbocycles. The molecule has 1 amide bonds. The molecule has 1 fully saturated rings. The van der Waals surface area contributed by atoms with E-state index in [0.29, 0.717) is 18.0 Å². The predicted octanol–water partition coefficient (Wildman–Crippen LogP) is 1.48. The monoisotopic (exact) mass is 263 g/mol. The van der Waals surface area contributed by atoms with Crippen molar-refractivity contribution in [2.75, 3.05) is 6.54 Å². The molecule has 2 atom stereocenters. The van der Waals surface area contributed by atoms with Gasteiger partial charge in [-0.2, -0.15) is 0 Å². The summed E-state index contributed by atoms with van der Waals surface area (Å²) in [4.78, 5) is 15.7.